The number of aromatic nitrogens is 2. The van der Waals surface area contributed by atoms with E-state index in [9.17, 15) is 9.18 Å². The summed E-state index contributed by atoms with van der Waals surface area (Å²) in [5, 5.41) is 4.08. The number of fused-ring (bicyclic) bond motifs is 1. The van der Waals surface area contributed by atoms with Crippen molar-refractivity contribution in [3.63, 3.8) is 0 Å². The lowest BCUT2D eigenvalue weighted by atomic mass is 10.0. The van der Waals surface area contributed by atoms with Gasteiger partial charge in [0.15, 0.2) is 5.78 Å². The Morgan fingerprint density at radius 2 is 2.05 bits per heavy atom. The summed E-state index contributed by atoms with van der Waals surface area (Å²) in [6.07, 6.45) is 3.20. The molecule has 0 aliphatic carbocycles. The molecule has 0 unspecified atom stereocenters. The number of halogens is 2. The van der Waals surface area contributed by atoms with Crippen LogP contribution in [0.25, 0.3) is 5.52 Å². The van der Waals surface area contributed by atoms with Gasteiger partial charge in [0.1, 0.15) is 5.82 Å². The van der Waals surface area contributed by atoms with E-state index in [1.54, 1.807) is 22.8 Å². The summed E-state index contributed by atoms with van der Waals surface area (Å²) in [5.41, 5.74) is 1.08. The zero-order valence-corrected chi connectivity index (χ0v) is 11.3. The maximum atomic E-state index is 13.7. The van der Waals surface area contributed by atoms with Gasteiger partial charge in [0, 0.05) is 10.7 Å². The van der Waals surface area contributed by atoms with Gasteiger partial charge in [-0.2, -0.15) is 5.10 Å². The predicted molar refractivity (Wildman–Crippen MR) is 72.7 cm³/mol. The molecular weight excluding hydrogens is 311 g/mol. The standard InChI is InChI=1S/C14H8BrFN2O/c15-9-4-5-12(16)10(7-9)14(19)11-8-17-18-6-2-1-3-13(11)18/h1-8H. The van der Waals surface area contributed by atoms with Crippen molar-refractivity contribution in [2.24, 2.45) is 0 Å². The van der Waals surface area contributed by atoms with Gasteiger partial charge in [-0.05, 0) is 30.3 Å². The normalized spacial score (nSPS) is 10.8. The van der Waals surface area contributed by atoms with Crippen LogP contribution in [-0.2, 0) is 0 Å². The number of benzene rings is 1. The van der Waals surface area contributed by atoms with Crippen LogP contribution in [-0.4, -0.2) is 15.4 Å². The van der Waals surface area contributed by atoms with Gasteiger partial charge in [0.25, 0.3) is 0 Å². The fourth-order valence-corrected chi connectivity index (χ4v) is 2.29. The number of carbonyl (C=O) groups is 1. The topological polar surface area (TPSA) is 34.4 Å². The third-order valence-corrected chi connectivity index (χ3v) is 3.34. The summed E-state index contributed by atoms with van der Waals surface area (Å²) in [7, 11) is 0. The largest absolute Gasteiger partial charge is 0.288 e. The Bertz CT molecular complexity index is 782. The van der Waals surface area contributed by atoms with Gasteiger partial charge >= 0.3 is 0 Å². The minimum atomic E-state index is -0.538. The minimum Gasteiger partial charge on any atom is -0.288 e. The van der Waals surface area contributed by atoms with Crippen LogP contribution in [0.4, 0.5) is 4.39 Å². The van der Waals surface area contributed by atoms with Crippen LogP contribution < -0.4 is 0 Å². The molecule has 3 rings (SSSR count). The quantitative estimate of drug-likeness (QED) is 0.678. The monoisotopic (exact) mass is 318 g/mol. The molecule has 0 saturated heterocycles. The van der Waals surface area contributed by atoms with Crippen molar-refractivity contribution in [2.45, 2.75) is 0 Å². The molecule has 1 aromatic carbocycles. The summed E-state index contributed by atoms with van der Waals surface area (Å²) in [5.74, 6) is -0.913. The zero-order chi connectivity index (χ0) is 13.4. The molecule has 3 nitrogen and oxygen atoms in total. The number of carbonyl (C=O) groups excluding carboxylic acids is 1. The first-order valence-corrected chi connectivity index (χ1v) is 6.38. The fraction of sp³-hybridized carbons (Fsp3) is 0. The zero-order valence-electron chi connectivity index (χ0n) is 9.68. The number of hydrogen-bond donors (Lipinski definition) is 0. The molecule has 0 saturated carbocycles. The summed E-state index contributed by atoms with van der Waals surface area (Å²) in [6, 6.07) is 9.70. The van der Waals surface area contributed by atoms with Crippen molar-refractivity contribution in [2.75, 3.05) is 0 Å². The molecule has 0 atom stereocenters. The van der Waals surface area contributed by atoms with E-state index in [1.807, 2.05) is 12.1 Å². The summed E-state index contributed by atoms with van der Waals surface area (Å²) in [4.78, 5) is 12.4. The molecular formula is C14H8BrFN2O. The Morgan fingerprint density at radius 3 is 2.89 bits per heavy atom. The van der Waals surface area contributed by atoms with E-state index in [0.29, 0.717) is 15.6 Å². The van der Waals surface area contributed by atoms with Crippen molar-refractivity contribution < 1.29 is 9.18 Å². The van der Waals surface area contributed by atoms with Gasteiger partial charge < -0.3 is 0 Å². The first-order valence-electron chi connectivity index (χ1n) is 5.59. The van der Waals surface area contributed by atoms with E-state index in [-0.39, 0.29) is 11.3 Å². The van der Waals surface area contributed by atoms with Crippen molar-refractivity contribution in [3.05, 3.63) is 70.2 Å². The molecule has 0 amide bonds. The number of pyridine rings is 1. The first-order chi connectivity index (χ1) is 9.16. The van der Waals surface area contributed by atoms with E-state index in [1.165, 1.54) is 18.3 Å². The molecule has 0 aliphatic heterocycles. The third-order valence-electron chi connectivity index (χ3n) is 2.84. The number of rotatable bonds is 2. The van der Waals surface area contributed by atoms with Gasteiger partial charge in [-0.15, -0.1) is 0 Å². The van der Waals surface area contributed by atoms with E-state index in [0.717, 1.165) is 0 Å². The van der Waals surface area contributed by atoms with Crippen LogP contribution in [0.5, 0.6) is 0 Å². The van der Waals surface area contributed by atoms with Crippen molar-refractivity contribution >= 4 is 27.2 Å². The van der Waals surface area contributed by atoms with Crippen LogP contribution in [0, 0.1) is 5.82 Å². The lowest BCUT2D eigenvalue weighted by Crippen LogP contribution is -2.04. The Kier molecular flexibility index (Phi) is 2.91. The van der Waals surface area contributed by atoms with Gasteiger partial charge in [0.05, 0.1) is 22.8 Å². The number of nitrogens with zero attached hydrogens (tertiary/aromatic N) is 2. The minimum absolute atomic E-state index is 0.0353. The van der Waals surface area contributed by atoms with Gasteiger partial charge in [-0.25, -0.2) is 8.91 Å². The summed E-state index contributed by atoms with van der Waals surface area (Å²) in [6.45, 7) is 0. The second kappa shape index (κ2) is 4.59. The summed E-state index contributed by atoms with van der Waals surface area (Å²) < 4.78 is 16.0. The average molecular weight is 319 g/mol. The summed E-state index contributed by atoms with van der Waals surface area (Å²) >= 11 is 3.24. The maximum Gasteiger partial charge on any atom is 0.199 e. The van der Waals surface area contributed by atoms with Gasteiger partial charge in [-0.1, -0.05) is 22.0 Å². The second-order valence-corrected chi connectivity index (χ2v) is 4.96. The van der Waals surface area contributed by atoms with Crippen LogP contribution >= 0.6 is 15.9 Å². The molecule has 19 heavy (non-hydrogen) atoms. The highest BCUT2D eigenvalue weighted by Gasteiger charge is 2.18. The molecule has 0 aliphatic rings. The van der Waals surface area contributed by atoms with Crippen molar-refractivity contribution in [1.29, 1.82) is 0 Å². The predicted octanol–water partition coefficient (Wildman–Crippen LogP) is 3.47. The highest BCUT2D eigenvalue weighted by atomic mass is 79.9. The molecule has 0 spiro atoms. The van der Waals surface area contributed by atoms with Crippen LogP contribution in [0.2, 0.25) is 0 Å². The van der Waals surface area contributed by atoms with Gasteiger partial charge in [0.2, 0.25) is 0 Å². The molecule has 0 fully saturated rings. The molecule has 94 valence electrons. The second-order valence-electron chi connectivity index (χ2n) is 4.04. The van der Waals surface area contributed by atoms with E-state index < -0.39 is 5.82 Å². The number of hydrogen-bond acceptors (Lipinski definition) is 2. The average Bonchev–Trinajstić information content (AvgIpc) is 2.84. The molecule has 2 heterocycles. The van der Waals surface area contributed by atoms with E-state index >= 15 is 0 Å². The van der Waals surface area contributed by atoms with Crippen LogP contribution in [0.1, 0.15) is 15.9 Å². The first kappa shape index (κ1) is 12.0. The van der Waals surface area contributed by atoms with Crippen molar-refractivity contribution in [1.82, 2.24) is 9.61 Å². The lowest BCUT2D eigenvalue weighted by Gasteiger charge is -2.02. The Balaban J connectivity index is 2.16. The molecule has 0 radical (unpaired) electrons. The van der Waals surface area contributed by atoms with E-state index in [2.05, 4.69) is 21.0 Å². The molecule has 0 bridgehead atoms. The highest BCUT2D eigenvalue weighted by Crippen LogP contribution is 2.21. The maximum absolute atomic E-state index is 13.7. The molecule has 3 aromatic rings. The third kappa shape index (κ3) is 2.06. The van der Waals surface area contributed by atoms with Crippen LogP contribution in [0.15, 0.2) is 53.3 Å². The molecule has 0 N–H and O–H groups in total. The molecule has 5 heteroatoms. The Morgan fingerprint density at radius 1 is 1.21 bits per heavy atom. The van der Waals surface area contributed by atoms with Crippen LogP contribution in [0.3, 0.4) is 0 Å². The lowest BCUT2D eigenvalue weighted by molar-refractivity contribution is 0.103. The smallest absolute Gasteiger partial charge is 0.199 e. The molecule has 2 aromatic heterocycles. The Hall–Kier alpha value is -2.01. The van der Waals surface area contributed by atoms with Gasteiger partial charge in [-0.3, -0.25) is 4.79 Å². The SMILES string of the molecule is O=C(c1cc(Br)ccc1F)c1cnn2ccccc12. The number of ketones is 1. The fourth-order valence-electron chi connectivity index (χ4n) is 1.93. The highest BCUT2D eigenvalue weighted by molar-refractivity contribution is 9.10. The Labute approximate surface area is 116 Å². The van der Waals surface area contributed by atoms with Crippen molar-refractivity contribution in [3.8, 4) is 0 Å². The van der Waals surface area contributed by atoms with E-state index in [4.69, 9.17) is 0 Å².